The number of aromatic nitrogens is 4. The Balaban J connectivity index is 1.30. The summed E-state index contributed by atoms with van der Waals surface area (Å²) in [6, 6.07) is 5.27. The van der Waals surface area contributed by atoms with Crippen molar-refractivity contribution in [2.45, 2.75) is 96.9 Å². The molecule has 4 bridgehead atoms. The number of rotatable bonds is 8. The lowest BCUT2D eigenvalue weighted by atomic mass is 10.0. The van der Waals surface area contributed by atoms with Crippen molar-refractivity contribution in [1.82, 2.24) is 45.9 Å². The van der Waals surface area contributed by atoms with Crippen molar-refractivity contribution < 1.29 is 32.8 Å². The van der Waals surface area contributed by atoms with Crippen LogP contribution in [-0.4, -0.2) is 78.9 Å². The zero-order valence-corrected chi connectivity index (χ0v) is 31.3. The molecule has 1 aromatic carbocycles. The van der Waals surface area contributed by atoms with Gasteiger partial charge in [0.25, 0.3) is 11.8 Å². The van der Waals surface area contributed by atoms with Gasteiger partial charge in [-0.1, -0.05) is 44.2 Å². The largest absolute Gasteiger partial charge is 0.446 e. The molecule has 5 heterocycles. The van der Waals surface area contributed by atoms with Gasteiger partial charge in [-0.25, -0.2) is 9.97 Å². The minimum absolute atomic E-state index is 0.0334. The standard InChI is InChI=1S/C38H47N9O7/c1-20(2)14-27-33(49)39-22(4)36-44-30(19-53-36)38(52)47-17-25(40-32(48)13-12-26-21(3)45-46(6)23(26)5)16-31(47)35(51)42-28(15-24-10-8-7-9-11-24)37-43-29(18-54-37)34(50)41-27/h7-11,18-20,22,25,27-28,31H,12-17H2,1-6H3,(H,39,49)(H,40,48)(H,41,50)(H,42,51)/t22-,25+,27-,28+,31+/m1/s1. The first kappa shape index (κ1) is 37.9. The summed E-state index contributed by atoms with van der Waals surface area (Å²) in [6.45, 7) is 9.40. The number of carbonyl (C=O) groups excluding carboxylic acids is 5. The molecule has 16 heteroatoms. The molecular weight excluding hydrogens is 694 g/mol. The minimum Gasteiger partial charge on any atom is -0.446 e. The van der Waals surface area contributed by atoms with Crippen LogP contribution < -0.4 is 21.3 Å². The minimum atomic E-state index is -1.02. The zero-order valence-electron chi connectivity index (χ0n) is 31.3. The van der Waals surface area contributed by atoms with E-state index in [0.29, 0.717) is 12.8 Å². The average Bonchev–Trinajstić information content (AvgIpc) is 3.94. The van der Waals surface area contributed by atoms with Crippen LogP contribution in [-0.2, 0) is 34.3 Å². The Labute approximate surface area is 312 Å². The van der Waals surface area contributed by atoms with E-state index >= 15 is 0 Å². The molecule has 286 valence electrons. The summed E-state index contributed by atoms with van der Waals surface area (Å²) < 4.78 is 13.2. The van der Waals surface area contributed by atoms with Crippen LogP contribution in [0.1, 0.15) is 107 Å². The molecule has 4 N–H and O–H groups in total. The number of amides is 5. The lowest BCUT2D eigenvalue weighted by Gasteiger charge is -2.25. The van der Waals surface area contributed by atoms with Crippen molar-refractivity contribution in [2.75, 3.05) is 6.54 Å². The van der Waals surface area contributed by atoms with Gasteiger partial charge in [-0.05, 0) is 57.1 Å². The third-order valence-electron chi connectivity index (χ3n) is 9.94. The fourth-order valence-electron chi connectivity index (χ4n) is 7.04. The highest BCUT2D eigenvalue weighted by Gasteiger charge is 2.42. The molecule has 5 amide bonds. The monoisotopic (exact) mass is 741 g/mol. The Bertz CT molecular complexity index is 2020. The van der Waals surface area contributed by atoms with Crippen LogP contribution >= 0.6 is 0 Å². The predicted molar refractivity (Wildman–Crippen MR) is 194 cm³/mol. The number of hydrogen-bond donors (Lipinski definition) is 4. The first-order valence-electron chi connectivity index (χ1n) is 18.2. The Kier molecular flexibility index (Phi) is 11.3. The molecule has 2 aliphatic heterocycles. The summed E-state index contributed by atoms with van der Waals surface area (Å²) in [7, 11) is 1.86. The first-order chi connectivity index (χ1) is 25.8. The Morgan fingerprint density at radius 2 is 1.65 bits per heavy atom. The van der Waals surface area contributed by atoms with Crippen molar-refractivity contribution in [3.05, 3.63) is 88.5 Å². The Morgan fingerprint density at radius 1 is 0.944 bits per heavy atom. The highest BCUT2D eigenvalue weighted by molar-refractivity contribution is 5.97. The van der Waals surface area contributed by atoms with Gasteiger partial charge in [0.2, 0.25) is 29.5 Å². The van der Waals surface area contributed by atoms with E-state index in [4.69, 9.17) is 8.83 Å². The molecule has 0 spiro atoms. The fourth-order valence-corrected chi connectivity index (χ4v) is 7.04. The fraction of sp³-hybridized carbons (Fsp3) is 0.474. The third-order valence-corrected chi connectivity index (χ3v) is 9.94. The van der Waals surface area contributed by atoms with Gasteiger partial charge >= 0.3 is 0 Å². The maximum Gasteiger partial charge on any atom is 0.276 e. The molecule has 6 rings (SSSR count). The number of fused-ring (bicyclic) bond motifs is 5. The SMILES string of the molecule is Cc1nn(C)c(C)c1CCC(=O)N[C@H]1C[C@H]2C(=O)N[C@@H](Cc3ccccc3)c3nc(co3)C(=O)N[C@H](CC(C)C)C(=O)N[C@H](C)c3nc(co3)C(=O)N2C1. The molecule has 0 aliphatic carbocycles. The van der Waals surface area contributed by atoms with Gasteiger partial charge in [-0.15, -0.1) is 0 Å². The Morgan fingerprint density at radius 3 is 2.35 bits per heavy atom. The zero-order chi connectivity index (χ0) is 38.7. The first-order valence-corrected chi connectivity index (χ1v) is 18.2. The second-order valence-electron chi connectivity index (χ2n) is 14.5. The second kappa shape index (κ2) is 16.1. The van der Waals surface area contributed by atoms with Gasteiger partial charge in [0.1, 0.15) is 36.7 Å². The van der Waals surface area contributed by atoms with Crippen molar-refractivity contribution in [3.8, 4) is 0 Å². The molecule has 1 saturated heterocycles. The molecule has 54 heavy (non-hydrogen) atoms. The van der Waals surface area contributed by atoms with Gasteiger partial charge in [-0.3, -0.25) is 28.7 Å². The predicted octanol–water partition coefficient (Wildman–Crippen LogP) is 2.78. The number of nitrogens with zero attached hydrogens (tertiary/aromatic N) is 5. The van der Waals surface area contributed by atoms with Crippen molar-refractivity contribution in [2.24, 2.45) is 13.0 Å². The van der Waals surface area contributed by atoms with E-state index in [0.717, 1.165) is 22.5 Å². The van der Waals surface area contributed by atoms with E-state index in [9.17, 15) is 24.0 Å². The van der Waals surface area contributed by atoms with E-state index in [1.807, 2.05) is 65.1 Å². The van der Waals surface area contributed by atoms with E-state index in [1.165, 1.54) is 17.4 Å². The van der Waals surface area contributed by atoms with Crippen LogP contribution in [0.15, 0.2) is 51.7 Å². The number of benzene rings is 1. The molecule has 3 aromatic heterocycles. The number of oxazole rings is 2. The summed E-state index contributed by atoms with van der Waals surface area (Å²) in [6.07, 6.45) is 3.77. The molecule has 1 fully saturated rings. The third kappa shape index (κ3) is 8.53. The highest BCUT2D eigenvalue weighted by atomic mass is 16.3. The van der Waals surface area contributed by atoms with Crippen LogP contribution in [0.4, 0.5) is 0 Å². The van der Waals surface area contributed by atoms with Gasteiger partial charge in [0.15, 0.2) is 11.4 Å². The summed E-state index contributed by atoms with van der Waals surface area (Å²) in [5, 5.41) is 16.0. The van der Waals surface area contributed by atoms with Crippen LogP contribution in [0.25, 0.3) is 0 Å². The topological polar surface area (TPSA) is 207 Å². The molecule has 4 aromatic rings. The van der Waals surface area contributed by atoms with E-state index in [2.05, 4.69) is 36.3 Å². The summed E-state index contributed by atoms with van der Waals surface area (Å²) in [5.41, 5.74) is 3.57. The Hall–Kier alpha value is -5.80. The van der Waals surface area contributed by atoms with Crippen LogP contribution in [0.2, 0.25) is 0 Å². The molecule has 0 saturated carbocycles. The van der Waals surface area contributed by atoms with Crippen molar-refractivity contribution >= 4 is 29.5 Å². The summed E-state index contributed by atoms with van der Waals surface area (Å²) >= 11 is 0. The summed E-state index contributed by atoms with van der Waals surface area (Å²) in [5.74, 6) is -2.21. The van der Waals surface area contributed by atoms with E-state index in [-0.39, 0.29) is 60.8 Å². The van der Waals surface area contributed by atoms with Gasteiger partial charge in [0, 0.05) is 38.2 Å². The van der Waals surface area contributed by atoms with E-state index in [1.54, 1.807) is 11.6 Å². The van der Waals surface area contributed by atoms with Crippen molar-refractivity contribution in [3.63, 3.8) is 0 Å². The maximum absolute atomic E-state index is 14.3. The molecule has 0 unspecified atom stereocenters. The van der Waals surface area contributed by atoms with Crippen LogP contribution in [0.5, 0.6) is 0 Å². The van der Waals surface area contributed by atoms with Crippen LogP contribution in [0, 0.1) is 19.8 Å². The number of nitrogens with one attached hydrogen (secondary N) is 4. The highest BCUT2D eigenvalue weighted by Crippen LogP contribution is 2.26. The maximum atomic E-state index is 14.3. The second-order valence-corrected chi connectivity index (χ2v) is 14.5. The van der Waals surface area contributed by atoms with Gasteiger partial charge in [-0.2, -0.15) is 5.10 Å². The molecular formula is C38H47N9O7. The molecule has 2 aliphatic rings. The molecule has 0 radical (unpaired) electrons. The molecule has 16 nitrogen and oxygen atoms in total. The lowest BCUT2D eigenvalue weighted by Crippen LogP contribution is -2.48. The molecule has 5 atom stereocenters. The van der Waals surface area contributed by atoms with Crippen LogP contribution in [0.3, 0.4) is 0 Å². The number of carbonyl (C=O) groups is 5. The number of hydrogen-bond acceptors (Lipinski definition) is 10. The quantitative estimate of drug-likeness (QED) is 0.208. The van der Waals surface area contributed by atoms with Gasteiger partial charge in [0.05, 0.1) is 5.69 Å². The average molecular weight is 742 g/mol. The van der Waals surface area contributed by atoms with E-state index < -0.39 is 53.8 Å². The van der Waals surface area contributed by atoms with Gasteiger partial charge < -0.3 is 35.0 Å². The smallest absolute Gasteiger partial charge is 0.276 e. The number of aryl methyl sites for hydroxylation is 2. The summed E-state index contributed by atoms with van der Waals surface area (Å²) in [4.78, 5) is 78.7. The lowest BCUT2D eigenvalue weighted by molar-refractivity contribution is -0.126. The van der Waals surface area contributed by atoms with Crippen molar-refractivity contribution in [1.29, 1.82) is 0 Å². The normalized spacial score (nSPS) is 22.3.